The quantitative estimate of drug-likeness (QED) is 0.573. The predicted molar refractivity (Wildman–Crippen MR) is 59.0 cm³/mol. The standard InChI is InChI=1S/C12H11NO2/c1-13(2)10-4-3-8-6-11(14)12(15)7-9(8)5-10/h3-7H,1-2H3. The topological polar surface area (TPSA) is 37.4 Å². The van der Waals surface area contributed by atoms with Gasteiger partial charge in [0.15, 0.2) is 0 Å². The Balaban J connectivity index is 2.70. The van der Waals surface area contributed by atoms with Crippen LogP contribution in [-0.4, -0.2) is 25.7 Å². The Labute approximate surface area is 87.3 Å². The fourth-order valence-electron chi connectivity index (χ4n) is 1.52. The van der Waals surface area contributed by atoms with Crippen molar-refractivity contribution in [1.29, 1.82) is 0 Å². The number of hydrogen-bond donors (Lipinski definition) is 0. The molecule has 15 heavy (non-hydrogen) atoms. The van der Waals surface area contributed by atoms with Crippen molar-refractivity contribution in [2.24, 2.45) is 0 Å². The number of anilines is 1. The van der Waals surface area contributed by atoms with Crippen molar-refractivity contribution in [3.05, 3.63) is 28.6 Å². The summed E-state index contributed by atoms with van der Waals surface area (Å²) < 4.78 is 0. The first-order valence-electron chi connectivity index (χ1n) is 4.67. The first kappa shape index (κ1) is 9.65. The maximum Gasteiger partial charge on any atom is 0.226 e. The van der Waals surface area contributed by atoms with Crippen molar-refractivity contribution < 1.29 is 9.59 Å². The maximum atomic E-state index is 11.2. The first-order chi connectivity index (χ1) is 7.08. The number of carbonyl (C=O) groups excluding carboxylic acids is 2. The second-order valence-corrected chi connectivity index (χ2v) is 3.72. The largest absolute Gasteiger partial charge is 0.378 e. The van der Waals surface area contributed by atoms with Crippen LogP contribution in [0.1, 0.15) is 0 Å². The third kappa shape index (κ3) is 1.68. The summed E-state index contributed by atoms with van der Waals surface area (Å²) in [6.45, 7) is 0. The summed E-state index contributed by atoms with van der Waals surface area (Å²) in [6, 6.07) is 5.67. The van der Waals surface area contributed by atoms with Gasteiger partial charge in [-0.25, -0.2) is 0 Å². The Bertz CT molecular complexity index is 555. The number of hydrogen-bond acceptors (Lipinski definition) is 3. The smallest absolute Gasteiger partial charge is 0.226 e. The molecule has 0 heterocycles. The van der Waals surface area contributed by atoms with Crippen LogP contribution in [0.25, 0.3) is 12.2 Å². The Morgan fingerprint density at radius 3 is 2.13 bits per heavy atom. The Morgan fingerprint density at radius 1 is 0.933 bits per heavy atom. The third-order valence-electron chi connectivity index (χ3n) is 2.40. The van der Waals surface area contributed by atoms with E-state index >= 15 is 0 Å². The van der Waals surface area contributed by atoms with E-state index in [-0.39, 0.29) is 0 Å². The van der Waals surface area contributed by atoms with Gasteiger partial charge >= 0.3 is 0 Å². The monoisotopic (exact) mass is 201 g/mol. The lowest BCUT2D eigenvalue weighted by Crippen LogP contribution is -2.33. The summed E-state index contributed by atoms with van der Waals surface area (Å²) in [6.07, 6.45) is 2.78. The van der Waals surface area contributed by atoms with Gasteiger partial charge in [-0.15, -0.1) is 0 Å². The van der Waals surface area contributed by atoms with E-state index in [9.17, 15) is 9.59 Å². The van der Waals surface area contributed by atoms with E-state index in [1.807, 2.05) is 37.2 Å². The fraction of sp³-hybridized carbons (Fsp3) is 0.167. The van der Waals surface area contributed by atoms with E-state index in [1.54, 1.807) is 0 Å². The molecule has 0 spiro atoms. The van der Waals surface area contributed by atoms with Crippen molar-refractivity contribution in [2.45, 2.75) is 0 Å². The zero-order valence-electron chi connectivity index (χ0n) is 8.65. The van der Waals surface area contributed by atoms with Crippen molar-refractivity contribution in [3.8, 4) is 0 Å². The number of ketones is 2. The normalized spacial score (nSPS) is 14.0. The van der Waals surface area contributed by atoms with Gasteiger partial charge in [0.2, 0.25) is 11.6 Å². The molecule has 0 aliphatic heterocycles. The van der Waals surface area contributed by atoms with Crippen molar-refractivity contribution >= 4 is 29.4 Å². The zero-order chi connectivity index (χ0) is 11.0. The zero-order valence-corrected chi connectivity index (χ0v) is 8.65. The summed E-state index contributed by atoms with van der Waals surface area (Å²) in [5.41, 5.74) is 1.01. The summed E-state index contributed by atoms with van der Waals surface area (Å²) in [4.78, 5) is 24.3. The summed E-state index contributed by atoms with van der Waals surface area (Å²) in [5.74, 6) is -0.890. The van der Waals surface area contributed by atoms with Crippen LogP contribution in [0, 0.1) is 0 Å². The SMILES string of the molecule is CN(C)c1ccc2c(c1)=CC(=O)C(=O)C=2. The number of nitrogens with zero attached hydrogens (tertiary/aromatic N) is 1. The number of carbonyl (C=O) groups is 2. The van der Waals surface area contributed by atoms with Gasteiger partial charge in [-0.3, -0.25) is 9.59 Å². The minimum Gasteiger partial charge on any atom is -0.378 e. The maximum absolute atomic E-state index is 11.2. The van der Waals surface area contributed by atoms with Crippen LogP contribution in [0.2, 0.25) is 0 Å². The molecule has 3 nitrogen and oxygen atoms in total. The summed E-state index contributed by atoms with van der Waals surface area (Å²) in [5, 5.41) is 1.62. The van der Waals surface area contributed by atoms with E-state index in [2.05, 4.69) is 0 Å². The van der Waals surface area contributed by atoms with Gasteiger partial charge in [0, 0.05) is 19.8 Å². The molecule has 76 valence electrons. The minimum absolute atomic E-state index is 0.444. The van der Waals surface area contributed by atoms with E-state index in [1.165, 1.54) is 12.2 Å². The highest BCUT2D eigenvalue weighted by molar-refractivity contribution is 6.57. The Morgan fingerprint density at radius 2 is 1.53 bits per heavy atom. The van der Waals surface area contributed by atoms with E-state index < -0.39 is 11.6 Å². The molecule has 1 aliphatic carbocycles. The molecule has 1 aromatic rings. The van der Waals surface area contributed by atoms with Crippen LogP contribution >= 0.6 is 0 Å². The van der Waals surface area contributed by atoms with Crippen molar-refractivity contribution in [1.82, 2.24) is 0 Å². The molecule has 0 N–H and O–H groups in total. The molecule has 0 amide bonds. The van der Waals surface area contributed by atoms with Crippen LogP contribution in [0.15, 0.2) is 18.2 Å². The Hall–Kier alpha value is -1.90. The van der Waals surface area contributed by atoms with Crippen LogP contribution < -0.4 is 15.3 Å². The fourth-order valence-corrected chi connectivity index (χ4v) is 1.52. The van der Waals surface area contributed by atoms with Crippen LogP contribution in [0.5, 0.6) is 0 Å². The molecular weight excluding hydrogens is 190 g/mol. The van der Waals surface area contributed by atoms with E-state index in [0.29, 0.717) is 0 Å². The number of benzene rings is 1. The highest BCUT2D eigenvalue weighted by atomic mass is 16.2. The lowest BCUT2D eigenvalue weighted by atomic mass is 10.1. The summed E-state index contributed by atoms with van der Waals surface area (Å²) >= 11 is 0. The van der Waals surface area contributed by atoms with E-state index in [4.69, 9.17) is 0 Å². The van der Waals surface area contributed by atoms with Crippen molar-refractivity contribution in [2.75, 3.05) is 19.0 Å². The molecule has 0 atom stereocenters. The molecular formula is C12H11NO2. The molecule has 0 radical (unpaired) electrons. The highest BCUT2D eigenvalue weighted by Crippen LogP contribution is 2.04. The molecule has 0 saturated heterocycles. The van der Waals surface area contributed by atoms with Gasteiger partial charge in [-0.1, -0.05) is 6.07 Å². The third-order valence-corrected chi connectivity index (χ3v) is 2.40. The molecule has 0 aromatic heterocycles. The van der Waals surface area contributed by atoms with E-state index in [0.717, 1.165) is 16.1 Å². The first-order valence-corrected chi connectivity index (χ1v) is 4.67. The molecule has 1 aromatic carbocycles. The second kappa shape index (κ2) is 3.35. The van der Waals surface area contributed by atoms with Crippen LogP contribution in [-0.2, 0) is 9.59 Å². The highest BCUT2D eigenvalue weighted by Gasteiger charge is 2.11. The number of fused-ring (bicyclic) bond motifs is 1. The lowest BCUT2D eigenvalue weighted by Gasteiger charge is -2.12. The molecule has 0 unspecified atom stereocenters. The number of rotatable bonds is 1. The summed E-state index contributed by atoms with van der Waals surface area (Å²) in [7, 11) is 3.86. The average Bonchev–Trinajstić information content (AvgIpc) is 2.19. The molecule has 0 bridgehead atoms. The van der Waals surface area contributed by atoms with Gasteiger partial charge < -0.3 is 4.90 Å². The average molecular weight is 201 g/mol. The molecule has 3 heteroatoms. The molecule has 1 aliphatic rings. The predicted octanol–water partition coefficient (Wildman–Crippen LogP) is -0.535. The molecule has 0 fully saturated rings. The molecule has 2 rings (SSSR count). The second-order valence-electron chi connectivity index (χ2n) is 3.72. The van der Waals surface area contributed by atoms with Gasteiger partial charge in [-0.05, 0) is 34.7 Å². The van der Waals surface area contributed by atoms with Gasteiger partial charge in [0.1, 0.15) is 0 Å². The minimum atomic E-state index is -0.446. The Kier molecular flexibility index (Phi) is 2.15. The van der Waals surface area contributed by atoms with Gasteiger partial charge in [-0.2, -0.15) is 0 Å². The van der Waals surface area contributed by atoms with Gasteiger partial charge in [0.25, 0.3) is 0 Å². The van der Waals surface area contributed by atoms with Crippen LogP contribution in [0.4, 0.5) is 5.69 Å². The number of Topliss-reactive ketones (excluding diaryl/α,β-unsaturated/α-hetero) is 2. The van der Waals surface area contributed by atoms with Gasteiger partial charge in [0.05, 0.1) is 0 Å². The van der Waals surface area contributed by atoms with Crippen LogP contribution in [0.3, 0.4) is 0 Å². The van der Waals surface area contributed by atoms with Crippen molar-refractivity contribution in [3.63, 3.8) is 0 Å². The molecule has 0 saturated carbocycles. The lowest BCUT2D eigenvalue weighted by molar-refractivity contribution is -0.129.